The van der Waals surface area contributed by atoms with Crippen LogP contribution in [0.25, 0.3) is 22.1 Å². The van der Waals surface area contributed by atoms with Crippen LogP contribution in [0.5, 0.6) is 11.5 Å². The van der Waals surface area contributed by atoms with Crippen LogP contribution in [0.4, 0.5) is 0 Å². The maximum Gasteiger partial charge on any atom is 0.200 e. The van der Waals surface area contributed by atoms with E-state index in [2.05, 4.69) is 20.8 Å². The van der Waals surface area contributed by atoms with E-state index in [-0.39, 0.29) is 5.43 Å². The van der Waals surface area contributed by atoms with Gasteiger partial charge in [-0.25, -0.2) is 0 Å². The van der Waals surface area contributed by atoms with Gasteiger partial charge in [-0.15, -0.1) is 0 Å². The lowest BCUT2D eigenvalue weighted by Gasteiger charge is -2.09. The molecule has 0 fully saturated rings. The molecule has 40 heavy (non-hydrogen) atoms. The molecule has 0 bridgehead atoms. The molecule has 0 amide bonds. The number of ether oxygens (including phenoxy) is 2. The summed E-state index contributed by atoms with van der Waals surface area (Å²) in [7, 11) is 0. The number of hydrogen-bond donors (Lipinski definition) is 0. The summed E-state index contributed by atoms with van der Waals surface area (Å²) in [5, 5.41) is 0.568. The van der Waals surface area contributed by atoms with Gasteiger partial charge in [-0.05, 0) is 48.6 Å². The SMILES string of the molecule is CCCCCCCCCCCCCCCCOc1ccc2c(=O)c(-c3ccc(OCCC(C)C)cc3)coc2c1. The summed E-state index contributed by atoms with van der Waals surface area (Å²) >= 11 is 0. The van der Waals surface area contributed by atoms with Crippen LogP contribution >= 0.6 is 0 Å². The Morgan fingerprint density at radius 3 is 1.82 bits per heavy atom. The van der Waals surface area contributed by atoms with E-state index < -0.39 is 0 Å². The van der Waals surface area contributed by atoms with Gasteiger partial charge in [0.15, 0.2) is 5.43 Å². The summed E-state index contributed by atoms with van der Waals surface area (Å²) in [6.07, 6.45) is 21.4. The van der Waals surface area contributed by atoms with Gasteiger partial charge in [0.05, 0.1) is 24.2 Å². The minimum atomic E-state index is -0.0340. The second kappa shape index (κ2) is 18.6. The van der Waals surface area contributed by atoms with E-state index in [4.69, 9.17) is 13.9 Å². The molecule has 0 atom stereocenters. The second-order valence-corrected chi connectivity index (χ2v) is 11.6. The number of rotatable bonds is 21. The molecule has 0 unspecified atom stereocenters. The summed E-state index contributed by atoms with van der Waals surface area (Å²) in [6, 6.07) is 13.2. The van der Waals surface area contributed by atoms with Crippen LogP contribution in [0.3, 0.4) is 0 Å². The Hall–Kier alpha value is -2.75. The minimum Gasteiger partial charge on any atom is -0.494 e. The predicted molar refractivity (Wildman–Crippen MR) is 169 cm³/mol. The first-order valence-electron chi connectivity index (χ1n) is 16.0. The van der Waals surface area contributed by atoms with Gasteiger partial charge in [-0.1, -0.05) is 116 Å². The quantitative estimate of drug-likeness (QED) is 0.124. The summed E-state index contributed by atoms with van der Waals surface area (Å²) in [5.41, 5.74) is 1.90. The minimum absolute atomic E-state index is 0.0340. The molecule has 0 saturated carbocycles. The third-order valence-corrected chi connectivity index (χ3v) is 7.64. The van der Waals surface area contributed by atoms with Crippen molar-refractivity contribution in [2.75, 3.05) is 13.2 Å². The van der Waals surface area contributed by atoms with Crippen LogP contribution in [0.15, 0.2) is 57.9 Å². The highest BCUT2D eigenvalue weighted by Crippen LogP contribution is 2.25. The van der Waals surface area contributed by atoms with Crippen LogP contribution in [0.1, 0.15) is 117 Å². The van der Waals surface area contributed by atoms with E-state index >= 15 is 0 Å². The average molecular weight is 549 g/mol. The van der Waals surface area contributed by atoms with Crippen molar-refractivity contribution in [1.82, 2.24) is 0 Å². The highest BCUT2D eigenvalue weighted by atomic mass is 16.5. The standard InChI is InChI=1S/C36H52O4/c1-4-5-6-7-8-9-10-11-12-13-14-15-16-17-25-38-32-22-23-33-35(27-32)40-28-34(36(33)37)30-18-20-31(21-19-30)39-26-24-29(2)3/h18-23,27-29H,4-17,24-26H2,1-3H3. The third-order valence-electron chi connectivity index (χ3n) is 7.64. The molecular weight excluding hydrogens is 496 g/mol. The van der Waals surface area contributed by atoms with Crippen molar-refractivity contribution in [3.63, 3.8) is 0 Å². The topological polar surface area (TPSA) is 48.7 Å². The summed E-state index contributed by atoms with van der Waals surface area (Å²) in [6.45, 7) is 8.03. The Balaban J connectivity index is 1.33. The molecule has 0 aliphatic heterocycles. The van der Waals surface area contributed by atoms with E-state index in [1.165, 1.54) is 83.5 Å². The largest absolute Gasteiger partial charge is 0.494 e. The number of hydrogen-bond acceptors (Lipinski definition) is 4. The van der Waals surface area contributed by atoms with Crippen molar-refractivity contribution in [3.8, 4) is 22.6 Å². The number of fused-ring (bicyclic) bond motifs is 1. The molecule has 0 aliphatic carbocycles. The van der Waals surface area contributed by atoms with Crippen molar-refractivity contribution >= 4 is 11.0 Å². The van der Waals surface area contributed by atoms with E-state index in [9.17, 15) is 4.79 Å². The van der Waals surface area contributed by atoms with Crippen molar-refractivity contribution in [2.45, 2.75) is 117 Å². The molecule has 3 rings (SSSR count). The Morgan fingerprint density at radius 1 is 0.675 bits per heavy atom. The Morgan fingerprint density at radius 2 is 1.23 bits per heavy atom. The van der Waals surface area contributed by atoms with Crippen molar-refractivity contribution in [1.29, 1.82) is 0 Å². The molecule has 1 aromatic heterocycles. The van der Waals surface area contributed by atoms with Gasteiger partial charge in [0.1, 0.15) is 23.3 Å². The fourth-order valence-electron chi connectivity index (χ4n) is 5.03. The number of unbranched alkanes of at least 4 members (excludes halogenated alkanes) is 13. The first-order chi connectivity index (χ1) is 19.6. The van der Waals surface area contributed by atoms with Crippen molar-refractivity contribution in [3.05, 3.63) is 59.0 Å². The molecule has 0 spiro atoms. The molecule has 0 saturated heterocycles. The Labute approximate surface area is 242 Å². The maximum atomic E-state index is 13.1. The molecule has 220 valence electrons. The molecule has 0 aliphatic rings. The first kappa shape index (κ1) is 31.8. The first-order valence-corrected chi connectivity index (χ1v) is 16.0. The van der Waals surface area contributed by atoms with E-state index in [1.54, 1.807) is 6.26 Å². The van der Waals surface area contributed by atoms with E-state index in [0.717, 1.165) is 29.9 Å². The summed E-state index contributed by atoms with van der Waals surface area (Å²) in [4.78, 5) is 13.1. The fraction of sp³-hybridized carbons (Fsp3) is 0.583. The van der Waals surface area contributed by atoms with Crippen LogP contribution in [0, 0.1) is 5.92 Å². The Bertz CT molecular complexity index is 1150. The number of benzene rings is 2. The second-order valence-electron chi connectivity index (χ2n) is 11.6. The van der Waals surface area contributed by atoms with Gasteiger partial charge >= 0.3 is 0 Å². The lowest BCUT2D eigenvalue weighted by Crippen LogP contribution is -2.05. The van der Waals surface area contributed by atoms with Gasteiger partial charge in [-0.3, -0.25) is 4.79 Å². The van der Waals surface area contributed by atoms with E-state index in [0.29, 0.717) is 35.7 Å². The maximum absolute atomic E-state index is 13.1. The van der Waals surface area contributed by atoms with Crippen molar-refractivity contribution in [2.24, 2.45) is 5.92 Å². The van der Waals surface area contributed by atoms with Gasteiger partial charge in [0, 0.05) is 6.07 Å². The molecular formula is C36H52O4. The summed E-state index contributed by atoms with van der Waals surface area (Å²) in [5.74, 6) is 2.17. The van der Waals surface area contributed by atoms with Gasteiger partial charge in [-0.2, -0.15) is 0 Å². The smallest absolute Gasteiger partial charge is 0.200 e. The van der Waals surface area contributed by atoms with Gasteiger partial charge < -0.3 is 13.9 Å². The van der Waals surface area contributed by atoms with Gasteiger partial charge in [0.25, 0.3) is 0 Å². The molecule has 4 nitrogen and oxygen atoms in total. The lowest BCUT2D eigenvalue weighted by atomic mass is 10.0. The highest BCUT2D eigenvalue weighted by Gasteiger charge is 2.11. The normalized spacial score (nSPS) is 11.4. The third kappa shape index (κ3) is 11.4. The predicted octanol–water partition coefficient (Wildman–Crippen LogP) is 10.7. The zero-order valence-electron chi connectivity index (χ0n) is 25.3. The fourth-order valence-corrected chi connectivity index (χ4v) is 5.03. The average Bonchev–Trinajstić information content (AvgIpc) is 2.95. The van der Waals surface area contributed by atoms with Crippen LogP contribution < -0.4 is 14.9 Å². The lowest BCUT2D eigenvalue weighted by molar-refractivity contribution is 0.289. The summed E-state index contributed by atoms with van der Waals surface area (Å²) < 4.78 is 17.6. The molecule has 3 aromatic rings. The highest BCUT2D eigenvalue weighted by molar-refractivity contribution is 5.82. The Kier molecular flexibility index (Phi) is 14.8. The van der Waals surface area contributed by atoms with Crippen LogP contribution in [-0.4, -0.2) is 13.2 Å². The van der Waals surface area contributed by atoms with Crippen molar-refractivity contribution < 1.29 is 13.9 Å². The molecule has 1 heterocycles. The van der Waals surface area contributed by atoms with Crippen LogP contribution in [0.2, 0.25) is 0 Å². The van der Waals surface area contributed by atoms with Crippen LogP contribution in [-0.2, 0) is 0 Å². The monoisotopic (exact) mass is 548 g/mol. The zero-order chi connectivity index (χ0) is 28.4. The van der Waals surface area contributed by atoms with E-state index in [1.807, 2.05) is 42.5 Å². The molecule has 4 heteroatoms. The molecule has 2 aromatic carbocycles. The molecule has 0 N–H and O–H groups in total. The zero-order valence-corrected chi connectivity index (χ0v) is 25.3. The molecule has 0 radical (unpaired) electrons. The van der Waals surface area contributed by atoms with Gasteiger partial charge in [0.2, 0.25) is 0 Å².